The molecule has 0 fully saturated rings. The summed E-state index contributed by atoms with van der Waals surface area (Å²) in [4.78, 5) is 16.1. The Labute approximate surface area is 113 Å². The Hall–Kier alpha value is -1.88. The van der Waals surface area contributed by atoms with Crippen molar-refractivity contribution in [2.45, 2.75) is 6.92 Å². The van der Waals surface area contributed by atoms with E-state index >= 15 is 0 Å². The van der Waals surface area contributed by atoms with Crippen LogP contribution in [-0.2, 0) is 0 Å². The van der Waals surface area contributed by atoms with Gasteiger partial charge in [0.2, 0.25) is 0 Å². The molecule has 0 spiro atoms. The Morgan fingerprint density at radius 3 is 2.83 bits per heavy atom. The average Bonchev–Trinajstić information content (AvgIpc) is 2.34. The Morgan fingerprint density at radius 2 is 2.11 bits per heavy atom. The Morgan fingerprint density at radius 1 is 1.33 bits per heavy atom. The molecule has 0 atom stereocenters. The highest BCUT2D eigenvalue weighted by molar-refractivity contribution is 9.10. The topological polar surface area (TPSA) is 68.0 Å². The van der Waals surface area contributed by atoms with Gasteiger partial charge in [-0.15, -0.1) is 0 Å². The first-order valence-electron chi connectivity index (χ1n) is 5.35. The van der Waals surface area contributed by atoms with Crippen molar-refractivity contribution in [1.82, 2.24) is 4.98 Å². The second-order valence-electron chi connectivity index (χ2n) is 3.88. The van der Waals surface area contributed by atoms with E-state index in [2.05, 4.69) is 26.2 Å². The zero-order valence-corrected chi connectivity index (χ0v) is 11.4. The minimum atomic E-state index is -0.188. The molecule has 2 rings (SSSR count). The number of carbonyl (C=O) groups excluding carboxylic acids is 1. The lowest BCUT2D eigenvalue weighted by Crippen LogP contribution is -2.12. The lowest BCUT2D eigenvalue weighted by atomic mass is 10.2. The molecule has 0 saturated carbocycles. The number of carbonyl (C=O) groups is 1. The van der Waals surface area contributed by atoms with Crippen LogP contribution >= 0.6 is 15.9 Å². The summed E-state index contributed by atoms with van der Waals surface area (Å²) in [5.74, 6) is -0.188. The van der Waals surface area contributed by atoms with E-state index in [1.807, 2.05) is 6.92 Å². The van der Waals surface area contributed by atoms with E-state index in [1.165, 1.54) is 0 Å². The molecule has 0 aliphatic rings. The summed E-state index contributed by atoms with van der Waals surface area (Å²) in [7, 11) is 0. The first kappa shape index (κ1) is 12.6. The van der Waals surface area contributed by atoms with Crippen LogP contribution in [0.15, 0.2) is 41.0 Å². The van der Waals surface area contributed by atoms with Crippen LogP contribution in [0.5, 0.6) is 0 Å². The van der Waals surface area contributed by atoms with Gasteiger partial charge in [0.05, 0.1) is 5.69 Å². The van der Waals surface area contributed by atoms with Gasteiger partial charge >= 0.3 is 0 Å². The molecule has 0 saturated heterocycles. The number of halogens is 1. The van der Waals surface area contributed by atoms with E-state index in [1.54, 1.807) is 36.5 Å². The zero-order chi connectivity index (χ0) is 13.1. The molecule has 0 aliphatic carbocycles. The molecule has 1 aromatic heterocycles. The molecule has 18 heavy (non-hydrogen) atoms. The number of aryl methyl sites for hydroxylation is 1. The molecule has 0 bridgehead atoms. The number of nitrogens with two attached hydrogens (primary N) is 1. The summed E-state index contributed by atoms with van der Waals surface area (Å²) in [6, 6.07) is 8.66. The number of anilines is 2. The Balaban J connectivity index is 2.24. The highest BCUT2D eigenvalue weighted by Crippen LogP contribution is 2.25. The molecule has 0 unspecified atom stereocenters. The molecule has 1 aromatic carbocycles. The lowest BCUT2D eigenvalue weighted by Gasteiger charge is -2.08. The quantitative estimate of drug-likeness (QED) is 0.838. The second kappa shape index (κ2) is 5.18. The predicted molar refractivity (Wildman–Crippen MR) is 75.5 cm³/mol. The smallest absolute Gasteiger partial charge is 0.255 e. The third kappa shape index (κ3) is 2.87. The second-order valence-corrected chi connectivity index (χ2v) is 4.73. The number of nitrogen functional groups attached to an aromatic ring is 1. The van der Waals surface area contributed by atoms with E-state index in [-0.39, 0.29) is 5.91 Å². The van der Waals surface area contributed by atoms with Crippen molar-refractivity contribution in [2.75, 3.05) is 11.1 Å². The van der Waals surface area contributed by atoms with Crippen molar-refractivity contribution in [2.24, 2.45) is 0 Å². The minimum Gasteiger partial charge on any atom is -0.399 e. The fourth-order valence-electron chi connectivity index (χ4n) is 1.52. The van der Waals surface area contributed by atoms with Crippen molar-refractivity contribution >= 4 is 33.2 Å². The highest BCUT2D eigenvalue weighted by atomic mass is 79.9. The van der Waals surface area contributed by atoms with Gasteiger partial charge in [0, 0.05) is 27.6 Å². The molecular formula is C13H12BrN3O. The third-order valence-electron chi connectivity index (χ3n) is 2.40. The van der Waals surface area contributed by atoms with Crippen LogP contribution < -0.4 is 11.1 Å². The SMILES string of the molecule is Cc1cc(C(=O)Nc2cc(N)ccc2Br)ccn1. The molecular weight excluding hydrogens is 294 g/mol. The van der Waals surface area contributed by atoms with Gasteiger partial charge < -0.3 is 11.1 Å². The summed E-state index contributed by atoms with van der Waals surface area (Å²) >= 11 is 3.36. The maximum Gasteiger partial charge on any atom is 0.255 e. The molecule has 3 N–H and O–H groups in total. The number of rotatable bonds is 2. The fraction of sp³-hybridized carbons (Fsp3) is 0.0769. The molecule has 0 radical (unpaired) electrons. The highest BCUT2D eigenvalue weighted by Gasteiger charge is 2.08. The first-order valence-corrected chi connectivity index (χ1v) is 6.14. The standard InChI is InChI=1S/C13H12BrN3O/c1-8-6-9(4-5-16-8)13(18)17-12-7-10(15)2-3-11(12)14/h2-7H,15H2,1H3,(H,17,18). The van der Waals surface area contributed by atoms with Gasteiger partial charge in [0.1, 0.15) is 0 Å². The van der Waals surface area contributed by atoms with Gasteiger partial charge in [0.15, 0.2) is 0 Å². The van der Waals surface area contributed by atoms with Gasteiger partial charge in [-0.05, 0) is 53.2 Å². The van der Waals surface area contributed by atoms with Crippen molar-refractivity contribution in [3.8, 4) is 0 Å². The van der Waals surface area contributed by atoms with Crippen molar-refractivity contribution in [1.29, 1.82) is 0 Å². The van der Waals surface area contributed by atoms with Crippen molar-refractivity contribution < 1.29 is 4.79 Å². The van der Waals surface area contributed by atoms with Crippen LogP contribution in [-0.4, -0.2) is 10.9 Å². The minimum absolute atomic E-state index is 0.188. The maximum atomic E-state index is 12.0. The largest absolute Gasteiger partial charge is 0.399 e. The first-order chi connectivity index (χ1) is 8.56. The number of hydrogen-bond acceptors (Lipinski definition) is 3. The summed E-state index contributed by atoms with van der Waals surface area (Å²) in [5.41, 5.74) is 8.29. The summed E-state index contributed by atoms with van der Waals surface area (Å²) in [6.45, 7) is 1.84. The van der Waals surface area contributed by atoms with Crippen LogP contribution in [0.3, 0.4) is 0 Å². The number of pyridine rings is 1. The Bertz CT molecular complexity index is 599. The monoisotopic (exact) mass is 305 g/mol. The molecule has 1 heterocycles. The number of hydrogen-bond donors (Lipinski definition) is 2. The van der Waals surface area contributed by atoms with Gasteiger partial charge in [0.25, 0.3) is 5.91 Å². The molecule has 1 amide bonds. The van der Waals surface area contributed by atoms with E-state index in [0.29, 0.717) is 16.9 Å². The Kier molecular flexibility index (Phi) is 3.62. The van der Waals surface area contributed by atoms with E-state index < -0.39 is 0 Å². The average molecular weight is 306 g/mol. The summed E-state index contributed by atoms with van der Waals surface area (Å²) in [5, 5.41) is 2.80. The van der Waals surface area contributed by atoms with Crippen molar-refractivity contribution in [3.05, 3.63) is 52.3 Å². The normalized spacial score (nSPS) is 10.1. The van der Waals surface area contributed by atoms with Crippen LogP contribution in [0.2, 0.25) is 0 Å². The molecule has 92 valence electrons. The maximum absolute atomic E-state index is 12.0. The van der Waals surface area contributed by atoms with Gasteiger partial charge in [-0.25, -0.2) is 0 Å². The number of nitrogens with zero attached hydrogens (tertiary/aromatic N) is 1. The van der Waals surface area contributed by atoms with E-state index in [0.717, 1.165) is 10.2 Å². The van der Waals surface area contributed by atoms with Crippen LogP contribution in [0.25, 0.3) is 0 Å². The van der Waals surface area contributed by atoms with Gasteiger partial charge in [-0.2, -0.15) is 0 Å². The van der Waals surface area contributed by atoms with Crippen LogP contribution in [0.4, 0.5) is 11.4 Å². The zero-order valence-electron chi connectivity index (χ0n) is 9.77. The van der Waals surface area contributed by atoms with Gasteiger partial charge in [-0.3, -0.25) is 9.78 Å². The number of benzene rings is 1. The predicted octanol–water partition coefficient (Wildman–Crippen LogP) is 2.99. The van der Waals surface area contributed by atoms with Crippen molar-refractivity contribution in [3.63, 3.8) is 0 Å². The molecule has 2 aromatic rings. The fourth-order valence-corrected chi connectivity index (χ4v) is 1.87. The van der Waals surface area contributed by atoms with Crippen LogP contribution in [0, 0.1) is 6.92 Å². The molecule has 0 aliphatic heterocycles. The van der Waals surface area contributed by atoms with Crippen LogP contribution in [0.1, 0.15) is 16.1 Å². The van der Waals surface area contributed by atoms with E-state index in [9.17, 15) is 4.79 Å². The number of aromatic nitrogens is 1. The van der Waals surface area contributed by atoms with Gasteiger partial charge in [-0.1, -0.05) is 0 Å². The third-order valence-corrected chi connectivity index (χ3v) is 3.09. The number of amides is 1. The molecule has 4 nitrogen and oxygen atoms in total. The number of nitrogens with one attached hydrogen (secondary N) is 1. The van der Waals surface area contributed by atoms with E-state index in [4.69, 9.17) is 5.73 Å². The summed E-state index contributed by atoms with van der Waals surface area (Å²) in [6.07, 6.45) is 1.61. The lowest BCUT2D eigenvalue weighted by molar-refractivity contribution is 0.102. The summed E-state index contributed by atoms with van der Waals surface area (Å²) < 4.78 is 0.788. The molecule has 5 heteroatoms.